The van der Waals surface area contributed by atoms with Crippen molar-refractivity contribution in [2.75, 3.05) is 0 Å². The number of hydrogen-bond donors (Lipinski definition) is 0. The molecule has 1 aromatic heterocycles. The lowest BCUT2D eigenvalue weighted by Gasteiger charge is -2.13. The SMILES string of the molecule is O=[N+]([O-])c1ccc(OC(F)(F)F)c(-c2ccncc2)c1. The predicted octanol–water partition coefficient (Wildman–Crippen LogP) is 3.56. The molecule has 0 spiro atoms. The fourth-order valence-electron chi connectivity index (χ4n) is 1.60. The summed E-state index contributed by atoms with van der Waals surface area (Å²) >= 11 is 0. The normalized spacial score (nSPS) is 11.2. The molecule has 5 nitrogen and oxygen atoms in total. The first-order valence-corrected chi connectivity index (χ1v) is 5.31. The number of benzene rings is 1. The Kier molecular flexibility index (Phi) is 3.55. The smallest absolute Gasteiger partial charge is 0.405 e. The van der Waals surface area contributed by atoms with Crippen LogP contribution in [0, 0.1) is 10.1 Å². The summed E-state index contributed by atoms with van der Waals surface area (Å²) < 4.78 is 40.9. The first kappa shape index (κ1) is 13.8. The molecule has 8 heteroatoms. The van der Waals surface area contributed by atoms with E-state index in [-0.39, 0.29) is 11.3 Å². The maximum atomic E-state index is 12.3. The molecule has 0 fully saturated rings. The van der Waals surface area contributed by atoms with Crippen LogP contribution in [0.3, 0.4) is 0 Å². The summed E-state index contributed by atoms with van der Waals surface area (Å²) in [5, 5.41) is 10.7. The molecular weight excluding hydrogens is 277 g/mol. The molecule has 0 saturated heterocycles. The van der Waals surface area contributed by atoms with Crippen LogP contribution in [0.15, 0.2) is 42.7 Å². The van der Waals surface area contributed by atoms with Crippen molar-refractivity contribution in [3.8, 4) is 16.9 Å². The molecule has 0 radical (unpaired) electrons. The van der Waals surface area contributed by atoms with Crippen LogP contribution < -0.4 is 4.74 Å². The number of ether oxygens (including phenoxy) is 1. The molecular formula is C12H7F3N2O3. The van der Waals surface area contributed by atoms with E-state index in [0.29, 0.717) is 5.56 Å². The van der Waals surface area contributed by atoms with E-state index in [1.165, 1.54) is 24.5 Å². The van der Waals surface area contributed by atoms with Crippen molar-refractivity contribution in [3.63, 3.8) is 0 Å². The number of rotatable bonds is 3. The van der Waals surface area contributed by atoms with Gasteiger partial charge in [-0.15, -0.1) is 13.2 Å². The maximum absolute atomic E-state index is 12.3. The summed E-state index contributed by atoms with van der Waals surface area (Å²) in [4.78, 5) is 13.8. The Morgan fingerprint density at radius 1 is 1.15 bits per heavy atom. The number of halogens is 3. The Morgan fingerprint density at radius 3 is 2.35 bits per heavy atom. The Balaban J connectivity index is 2.54. The van der Waals surface area contributed by atoms with Crippen LogP contribution in [-0.2, 0) is 0 Å². The second-order valence-corrected chi connectivity index (χ2v) is 3.72. The molecule has 0 aliphatic rings. The van der Waals surface area contributed by atoms with Gasteiger partial charge in [-0.2, -0.15) is 0 Å². The first-order valence-electron chi connectivity index (χ1n) is 5.31. The van der Waals surface area contributed by atoms with Gasteiger partial charge in [-0.3, -0.25) is 15.1 Å². The highest BCUT2D eigenvalue weighted by Crippen LogP contribution is 2.36. The van der Waals surface area contributed by atoms with Gasteiger partial charge in [-0.1, -0.05) is 0 Å². The fourth-order valence-corrected chi connectivity index (χ4v) is 1.60. The van der Waals surface area contributed by atoms with E-state index < -0.39 is 17.0 Å². The van der Waals surface area contributed by atoms with Gasteiger partial charge >= 0.3 is 6.36 Å². The summed E-state index contributed by atoms with van der Waals surface area (Å²) in [6.07, 6.45) is -2.14. The van der Waals surface area contributed by atoms with E-state index in [9.17, 15) is 23.3 Å². The van der Waals surface area contributed by atoms with E-state index in [0.717, 1.165) is 18.2 Å². The predicted molar refractivity (Wildman–Crippen MR) is 63.0 cm³/mol. The molecule has 0 amide bonds. The molecule has 0 atom stereocenters. The number of nitro groups is 1. The zero-order valence-corrected chi connectivity index (χ0v) is 9.79. The molecule has 1 heterocycles. The third-order valence-corrected chi connectivity index (χ3v) is 2.39. The van der Waals surface area contributed by atoms with E-state index in [1.54, 1.807) is 0 Å². The Hall–Kier alpha value is -2.64. The standard InChI is InChI=1S/C12H7F3N2O3/c13-12(14,15)20-11-2-1-9(17(18)19)7-10(11)8-3-5-16-6-4-8/h1-7H. The van der Waals surface area contributed by atoms with Gasteiger partial charge in [0.2, 0.25) is 0 Å². The minimum absolute atomic E-state index is 0.0288. The first-order chi connectivity index (χ1) is 9.37. The van der Waals surface area contributed by atoms with E-state index in [1.807, 2.05) is 0 Å². The molecule has 0 bridgehead atoms. The number of non-ortho nitro benzene ring substituents is 1. The molecule has 2 aromatic rings. The minimum Gasteiger partial charge on any atom is -0.405 e. The third kappa shape index (κ3) is 3.22. The van der Waals surface area contributed by atoms with Gasteiger partial charge in [0, 0.05) is 30.1 Å². The molecule has 104 valence electrons. The van der Waals surface area contributed by atoms with Gasteiger partial charge in [0.05, 0.1) is 4.92 Å². The molecule has 0 unspecified atom stereocenters. The second kappa shape index (κ2) is 5.16. The Bertz CT molecular complexity index is 630. The monoisotopic (exact) mass is 284 g/mol. The lowest BCUT2D eigenvalue weighted by molar-refractivity contribution is -0.384. The topological polar surface area (TPSA) is 65.3 Å². The molecule has 2 rings (SSSR count). The van der Waals surface area contributed by atoms with Crippen molar-refractivity contribution >= 4 is 5.69 Å². The summed E-state index contributed by atoms with van der Waals surface area (Å²) in [5.41, 5.74) is -0.0202. The maximum Gasteiger partial charge on any atom is 0.573 e. The van der Waals surface area contributed by atoms with E-state index in [4.69, 9.17) is 0 Å². The largest absolute Gasteiger partial charge is 0.573 e. The minimum atomic E-state index is -4.88. The number of nitro benzene ring substituents is 1. The molecule has 0 aliphatic heterocycles. The molecule has 0 N–H and O–H groups in total. The van der Waals surface area contributed by atoms with E-state index >= 15 is 0 Å². The van der Waals surface area contributed by atoms with Crippen molar-refractivity contribution in [1.29, 1.82) is 0 Å². The fraction of sp³-hybridized carbons (Fsp3) is 0.0833. The van der Waals surface area contributed by atoms with Crippen molar-refractivity contribution in [3.05, 3.63) is 52.8 Å². The highest BCUT2D eigenvalue weighted by molar-refractivity contribution is 5.72. The van der Waals surface area contributed by atoms with Crippen LogP contribution in [0.5, 0.6) is 5.75 Å². The van der Waals surface area contributed by atoms with Crippen LogP contribution in [0.25, 0.3) is 11.1 Å². The zero-order chi connectivity index (χ0) is 14.8. The number of nitrogens with zero attached hydrogens (tertiary/aromatic N) is 2. The number of hydrogen-bond acceptors (Lipinski definition) is 4. The Labute approximate surface area is 110 Å². The summed E-state index contributed by atoms with van der Waals surface area (Å²) in [6, 6.07) is 5.76. The highest BCUT2D eigenvalue weighted by atomic mass is 19.4. The molecule has 20 heavy (non-hydrogen) atoms. The van der Waals surface area contributed by atoms with Gasteiger partial charge in [-0.05, 0) is 23.8 Å². The zero-order valence-electron chi connectivity index (χ0n) is 9.79. The van der Waals surface area contributed by atoms with E-state index in [2.05, 4.69) is 9.72 Å². The lowest BCUT2D eigenvalue weighted by Crippen LogP contribution is -2.17. The van der Waals surface area contributed by atoms with Gasteiger partial charge in [0.1, 0.15) is 5.75 Å². The number of pyridine rings is 1. The molecule has 0 saturated carbocycles. The van der Waals surface area contributed by atoms with Crippen LogP contribution in [0.4, 0.5) is 18.9 Å². The van der Waals surface area contributed by atoms with Crippen molar-refractivity contribution in [2.45, 2.75) is 6.36 Å². The summed E-state index contributed by atoms with van der Waals surface area (Å²) in [7, 11) is 0. The van der Waals surface area contributed by atoms with Gasteiger partial charge < -0.3 is 4.74 Å². The third-order valence-electron chi connectivity index (χ3n) is 2.39. The van der Waals surface area contributed by atoms with Crippen LogP contribution in [-0.4, -0.2) is 16.3 Å². The quantitative estimate of drug-likeness (QED) is 0.638. The van der Waals surface area contributed by atoms with Gasteiger partial charge in [0.15, 0.2) is 0 Å². The second-order valence-electron chi connectivity index (χ2n) is 3.72. The lowest BCUT2D eigenvalue weighted by atomic mass is 10.1. The van der Waals surface area contributed by atoms with Crippen LogP contribution in [0.2, 0.25) is 0 Å². The van der Waals surface area contributed by atoms with Crippen LogP contribution >= 0.6 is 0 Å². The Morgan fingerprint density at radius 2 is 1.80 bits per heavy atom. The number of aromatic nitrogens is 1. The van der Waals surface area contributed by atoms with Gasteiger partial charge in [-0.25, -0.2) is 0 Å². The van der Waals surface area contributed by atoms with Crippen molar-refractivity contribution in [1.82, 2.24) is 4.98 Å². The highest BCUT2D eigenvalue weighted by Gasteiger charge is 2.32. The van der Waals surface area contributed by atoms with Gasteiger partial charge in [0.25, 0.3) is 5.69 Å². The average molecular weight is 284 g/mol. The number of alkyl halides is 3. The summed E-state index contributed by atoms with van der Waals surface area (Å²) in [6.45, 7) is 0. The molecule has 1 aromatic carbocycles. The van der Waals surface area contributed by atoms with Crippen molar-refractivity contribution in [2.24, 2.45) is 0 Å². The van der Waals surface area contributed by atoms with Crippen molar-refractivity contribution < 1.29 is 22.8 Å². The molecule has 0 aliphatic carbocycles. The van der Waals surface area contributed by atoms with Crippen LogP contribution in [0.1, 0.15) is 0 Å². The summed E-state index contributed by atoms with van der Waals surface area (Å²) in [5.74, 6) is -0.505. The average Bonchev–Trinajstić information content (AvgIpc) is 2.38.